The maximum absolute atomic E-state index is 13.1. The van der Waals surface area contributed by atoms with Crippen LogP contribution >= 0.6 is 0 Å². The normalized spacial score (nSPS) is 14.2. The average molecular weight is 376 g/mol. The largest absolute Gasteiger partial charge is 0.495 e. The number of hydrogen-bond donors (Lipinski definition) is 0. The molecule has 1 saturated heterocycles. The van der Waals surface area contributed by atoms with E-state index in [1.807, 2.05) is 42.5 Å². The fraction of sp³-hybridized carbons (Fsp3) is 0.190. The molecule has 0 spiro atoms. The Morgan fingerprint density at radius 3 is 2.46 bits per heavy atom. The Hall–Kier alpha value is -3.61. The number of methoxy groups -OCH3 is 1. The maximum atomic E-state index is 13.1. The van der Waals surface area contributed by atoms with Crippen LogP contribution in [0, 0.1) is 0 Å². The lowest BCUT2D eigenvalue weighted by atomic mass is 10.1. The van der Waals surface area contributed by atoms with Crippen LogP contribution in [-0.4, -0.2) is 53.2 Å². The van der Waals surface area contributed by atoms with E-state index in [-0.39, 0.29) is 18.4 Å². The van der Waals surface area contributed by atoms with Gasteiger partial charge in [0.2, 0.25) is 5.91 Å². The molecule has 28 heavy (non-hydrogen) atoms. The number of carbonyl (C=O) groups excluding carboxylic acids is 2. The Bertz CT molecular complexity index is 1000. The van der Waals surface area contributed by atoms with Gasteiger partial charge in [-0.1, -0.05) is 24.3 Å². The van der Waals surface area contributed by atoms with E-state index in [9.17, 15) is 9.59 Å². The van der Waals surface area contributed by atoms with Gasteiger partial charge in [0.05, 0.1) is 24.0 Å². The van der Waals surface area contributed by atoms with Crippen molar-refractivity contribution < 1.29 is 14.3 Å². The molecule has 0 unspecified atom stereocenters. The van der Waals surface area contributed by atoms with Gasteiger partial charge in [0.1, 0.15) is 12.3 Å². The number of benzene rings is 2. The van der Waals surface area contributed by atoms with Crippen molar-refractivity contribution in [1.29, 1.82) is 0 Å². The quantitative estimate of drug-likeness (QED) is 0.701. The molecule has 0 N–H and O–H groups in total. The van der Waals surface area contributed by atoms with E-state index in [0.717, 1.165) is 5.69 Å². The second kappa shape index (κ2) is 7.56. The van der Waals surface area contributed by atoms with Crippen LogP contribution in [0.1, 0.15) is 10.4 Å². The number of anilines is 1. The van der Waals surface area contributed by atoms with Gasteiger partial charge >= 0.3 is 0 Å². The first-order valence-electron chi connectivity index (χ1n) is 9.01. The first-order chi connectivity index (χ1) is 13.7. The van der Waals surface area contributed by atoms with Crippen LogP contribution in [0.25, 0.3) is 5.69 Å². The summed E-state index contributed by atoms with van der Waals surface area (Å²) < 4.78 is 7.02. The zero-order valence-corrected chi connectivity index (χ0v) is 15.5. The molecule has 1 aromatic heterocycles. The lowest BCUT2D eigenvalue weighted by Gasteiger charge is -2.35. The van der Waals surface area contributed by atoms with E-state index in [1.165, 1.54) is 0 Å². The standard InChI is InChI=1S/C21H20N4O3/c1-28-19-10-5-4-9-18(19)24-14-13-23(15-20(24)26)21(27)16-7-2-3-8-17(16)25-12-6-11-22-25/h2-12H,13-15H2,1H3. The number of nitrogens with zero attached hydrogens (tertiary/aromatic N) is 4. The third-order valence-electron chi connectivity index (χ3n) is 4.77. The molecule has 0 radical (unpaired) electrons. The zero-order valence-electron chi connectivity index (χ0n) is 15.5. The summed E-state index contributed by atoms with van der Waals surface area (Å²) in [6.07, 6.45) is 3.45. The summed E-state index contributed by atoms with van der Waals surface area (Å²) in [7, 11) is 1.58. The summed E-state index contributed by atoms with van der Waals surface area (Å²) >= 11 is 0. The molecule has 0 saturated carbocycles. The van der Waals surface area contributed by atoms with Crippen LogP contribution < -0.4 is 9.64 Å². The summed E-state index contributed by atoms with van der Waals surface area (Å²) in [6.45, 7) is 0.870. The van der Waals surface area contributed by atoms with Gasteiger partial charge in [0.25, 0.3) is 5.91 Å². The minimum Gasteiger partial charge on any atom is -0.495 e. The first kappa shape index (κ1) is 17.8. The van der Waals surface area contributed by atoms with E-state index in [4.69, 9.17) is 4.74 Å². The summed E-state index contributed by atoms with van der Waals surface area (Å²) in [5, 5.41) is 4.22. The highest BCUT2D eigenvalue weighted by Crippen LogP contribution is 2.29. The van der Waals surface area contributed by atoms with Crippen LogP contribution in [0.4, 0.5) is 5.69 Å². The van der Waals surface area contributed by atoms with Crippen LogP contribution in [0.2, 0.25) is 0 Å². The molecule has 1 aliphatic rings. The maximum Gasteiger partial charge on any atom is 0.256 e. The first-order valence-corrected chi connectivity index (χ1v) is 9.01. The Morgan fingerprint density at radius 2 is 1.75 bits per heavy atom. The van der Waals surface area contributed by atoms with Crippen LogP contribution in [0.5, 0.6) is 5.75 Å². The van der Waals surface area contributed by atoms with Crippen molar-refractivity contribution in [3.8, 4) is 11.4 Å². The Labute approximate surface area is 162 Å². The van der Waals surface area contributed by atoms with Crippen molar-refractivity contribution in [2.24, 2.45) is 0 Å². The van der Waals surface area contributed by atoms with Crippen LogP contribution in [-0.2, 0) is 4.79 Å². The zero-order chi connectivity index (χ0) is 19.5. The number of aromatic nitrogens is 2. The molecule has 3 aromatic rings. The SMILES string of the molecule is COc1ccccc1N1CCN(C(=O)c2ccccc2-n2cccn2)CC1=O. The Morgan fingerprint density at radius 1 is 1.00 bits per heavy atom. The van der Waals surface area contributed by atoms with E-state index >= 15 is 0 Å². The van der Waals surface area contributed by atoms with Gasteiger partial charge in [-0.05, 0) is 30.3 Å². The average Bonchev–Trinajstić information content (AvgIpc) is 3.28. The molecule has 0 atom stereocenters. The Balaban J connectivity index is 1.56. The molecule has 0 bridgehead atoms. The van der Waals surface area contributed by atoms with Gasteiger partial charge in [-0.25, -0.2) is 4.68 Å². The molecule has 2 heterocycles. The van der Waals surface area contributed by atoms with E-state index in [0.29, 0.717) is 30.1 Å². The van der Waals surface area contributed by atoms with Crippen molar-refractivity contribution in [3.05, 3.63) is 72.6 Å². The van der Waals surface area contributed by atoms with Gasteiger partial charge in [-0.3, -0.25) is 9.59 Å². The predicted molar refractivity (Wildman–Crippen MR) is 105 cm³/mol. The molecule has 2 aromatic carbocycles. The lowest BCUT2D eigenvalue weighted by Crippen LogP contribution is -2.52. The Kier molecular flexibility index (Phi) is 4.80. The monoisotopic (exact) mass is 376 g/mol. The topological polar surface area (TPSA) is 67.7 Å². The highest BCUT2D eigenvalue weighted by Gasteiger charge is 2.30. The smallest absolute Gasteiger partial charge is 0.256 e. The van der Waals surface area contributed by atoms with Crippen LogP contribution in [0.3, 0.4) is 0 Å². The van der Waals surface area contributed by atoms with Crippen molar-refractivity contribution in [2.45, 2.75) is 0 Å². The molecule has 0 aliphatic carbocycles. The van der Waals surface area contributed by atoms with Gasteiger partial charge < -0.3 is 14.5 Å². The molecule has 1 aliphatic heterocycles. The van der Waals surface area contributed by atoms with Gasteiger partial charge in [0.15, 0.2) is 0 Å². The third kappa shape index (κ3) is 3.22. The van der Waals surface area contributed by atoms with Crippen molar-refractivity contribution in [2.75, 3.05) is 31.6 Å². The minimum absolute atomic E-state index is 0.0182. The van der Waals surface area contributed by atoms with Crippen molar-refractivity contribution in [3.63, 3.8) is 0 Å². The third-order valence-corrected chi connectivity index (χ3v) is 4.77. The highest BCUT2D eigenvalue weighted by atomic mass is 16.5. The van der Waals surface area contributed by atoms with Gasteiger partial charge in [-0.2, -0.15) is 5.10 Å². The number of para-hydroxylation sites is 3. The molecule has 142 valence electrons. The second-order valence-corrected chi connectivity index (χ2v) is 6.41. The number of rotatable bonds is 4. The van der Waals surface area contributed by atoms with E-state index in [1.54, 1.807) is 46.1 Å². The number of ether oxygens (including phenoxy) is 1. The number of carbonyl (C=O) groups is 2. The van der Waals surface area contributed by atoms with Gasteiger partial charge in [0, 0.05) is 25.5 Å². The molecule has 1 fully saturated rings. The molecule has 7 nitrogen and oxygen atoms in total. The van der Waals surface area contributed by atoms with Crippen molar-refractivity contribution >= 4 is 17.5 Å². The highest BCUT2D eigenvalue weighted by molar-refractivity contribution is 6.03. The second-order valence-electron chi connectivity index (χ2n) is 6.41. The summed E-state index contributed by atoms with van der Waals surface area (Å²) in [4.78, 5) is 29.1. The number of hydrogen-bond acceptors (Lipinski definition) is 4. The molecule has 7 heteroatoms. The molecular formula is C21H20N4O3. The lowest BCUT2D eigenvalue weighted by molar-refractivity contribution is -0.120. The minimum atomic E-state index is -0.181. The van der Waals surface area contributed by atoms with Gasteiger partial charge in [-0.15, -0.1) is 0 Å². The van der Waals surface area contributed by atoms with Crippen LogP contribution in [0.15, 0.2) is 67.0 Å². The predicted octanol–water partition coefficient (Wildman–Crippen LogP) is 2.37. The fourth-order valence-corrected chi connectivity index (χ4v) is 3.39. The fourth-order valence-electron chi connectivity index (χ4n) is 3.39. The number of piperazine rings is 1. The summed E-state index contributed by atoms with van der Waals surface area (Å²) in [5.41, 5.74) is 1.93. The van der Waals surface area contributed by atoms with Crippen molar-refractivity contribution in [1.82, 2.24) is 14.7 Å². The number of amides is 2. The van der Waals surface area contributed by atoms with E-state index < -0.39 is 0 Å². The summed E-state index contributed by atoms with van der Waals surface area (Å²) in [5.74, 6) is 0.319. The van der Waals surface area contributed by atoms with E-state index in [2.05, 4.69) is 5.10 Å². The molecule has 2 amide bonds. The summed E-state index contributed by atoms with van der Waals surface area (Å²) in [6, 6.07) is 16.5. The molecular weight excluding hydrogens is 356 g/mol. The molecule has 4 rings (SSSR count).